The summed E-state index contributed by atoms with van der Waals surface area (Å²) in [6.45, 7) is 4.79. The lowest BCUT2D eigenvalue weighted by atomic mass is 9.80. The maximum absolute atomic E-state index is 6.34. The molecule has 2 saturated carbocycles. The molecule has 0 aliphatic heterocycles. The maximum atomic E-state index is 6.34. The smallest absolute Gasteiger partial charge is 0.0249 e. The SMILES string of the molecule is CC1CCCC(N(C)C2CC(C)CCC2N)C1. The lowest BCUT2D eigenvalue weighted by Crippen LogP contribution is -2.53. The van der Waals surface area contributed by atoms with Gasteiger partial charge in [-0.3, -0.25) is 4.90 Å². The Morgan fingerprint density at radius 2 is 1.65 bits per heavy atom. The van der Waals surface area contributed by atoms with Crippen LogP contribution in [0.1, 0.15) is 58.8 Å². The van der Waals surface area contributed by atoms with Gasteiger partial charge in [0.2, 0.25) is 0 Å². The zero-order valence-corrected chi connectivity index (χ0v) is 11.9. The molecule has 100 valence electrons. The number of hydrogen-bond acceptors (Lipinski definition) is 2. The van der Waals surface area contributed by atoms with Crippen LogP contribution in [0.2, 0.25) is 0 Å². The Labute approximate surface area is 107 Å². The van der Waals surface area contributed by atoms with E-state index in [1.807, 2.05) is 0 Å². The van der Waals surface area contributed by atoms with Crippen molar-refractivity contribution in [3.05, 3.63) is 0 Å². The minimum Gasteiger partial charge on any atom is -0.326 e. The van der Waals surface area contributed by atoms with Crippen LogP contribution in [-0.2, 0) is 0 Å². The Morgan fingerprint density at radius 3 is 2.35 bits per heavy atom. The molecule has 2 fully saturated rings. The summed E-state index contributed by atoms with van der Waals surface area (Å²) in [4.78, 5) is 2.63. The van der Waals surface area contributed by atoms with E-state index in [-0.39, 0.29) is 0 Å². The van der Waals surface area contributed by atoms with Crippen LogP contribution in [0, 0.1) is 11.8 Å². The summed E-state index contributed by atoms with van der Waals surface area (Å²) in [6.07, 6.45) is 9.46. The lowest BCUT2D eigenvalue weighted by Gasteiger charge is -2.44. The molecule has 0 radical (unpaired) electrons. The summed E-state index contributed by atoms with van der Waals surface area (Å²) >= 11 is 0. The van der Waals surface area contributed by atoms with Crippen LogP contribution in [0.5, 0.6) is 0 Å². The fourth-order valence-corrected chi connectivity index (χ4v) is 3.89. The molecule has 0 spiro atoms. The highest BCUT2D eigenvalue weighted by atomic mass is 15.2. The molecule has 0 aromatic heterocycles. The van der Waals surface area contributed by atoms with E-state index in [4.69, 9.17) is 5.73 Å². The van der Waals surface area contributed by atoms with Gasteiger partial charge in [0.05, 0.1) is 0 Å². The molecule has 0 aromatic carbocycles. The van der Waals surface area contributed by atoms with Crippen molar-refractivity contribution in [2.24, 2.45) is 17.6 Å². The molecule has 17 heavy (non-hydrogen) atoms. The fourth-order valence-electron chi connectivity index (χ4n) is 3.89. The quantitative estimate of drug-likeness (QED) is 0.801. The summed E-state index contributed by atoms with van der Waals surface area (Å²) in [7, 11) is 2.32. The van der Waals surface area contributed by atoms with Crippen molar-refractivity contribution in [1.82, 2.24) is 4.90 Å². The zero-order valence-electron chi connectivity index (χ0n) is 11.9. The van der Waals surface area contributed by atoms with Crippen molar-refractivity contribution in [3.8, 4) is 0 Å². The number of nitrogens with zero attached hydrogens (tertiary/aromatic N) is 1. The molecule has 5 atom stereocenters. The molecule has 0 aromatic rings. The highest BCUT2D eigenvalue weighted by molar-refractivity contribution is 4.91. The summed E-state index contributed by atoms with van der Waals surface area (Å²) in [5.74, 6) is 1.77. The summed E-state index contributed by atoms with van der Waals surface area (Å²) in [5.41, 5.74) is 6.34. The van der Waals surface area contributed by atoms with E-state index in [1.165, 1.54) is 44.9 Å². The van der Waals surface area contributed by atoms with Gasteiger partial charge >= 0.3 is 0 Å². The summed E-state index contributed by atoms with van der Waals surface area (Å²) in [6, 6.07) is 1.84. The molecular formula is C15H30N2. The predicted octanol–water partition coefficient (Wildman–Crippen LogP) is 3.01. The third-order valence-corrected chi connectivity index (χ3v) is 5.14. The monoisotopic (exact) mass is 238 g/mol. The van der Waals surface area contributed by atoms with Gasteiger partial charge in [-0.1, -0.05) is 26.7 Å². The highest BCUT2D eigenvalue weighted by Gasteiger charge is 2.33. The minimum absolute atomic E-state index is 0.411. The Hall–Kier alpha value is -0.0800. The van der Waals surface area contributed by atoms with Crippen LogP contribution in [-0.4, -0.2) is 30.1 Å². The normalized spacial score (nSPS) is 43.9. The van der Waals surface area contributed by atoms with Gasteiger partial charge in [-0.15, -0.1) is 0 Å². The second-order valence-corrected chi connectivity index (χ2v) is 6.74. The summed E-state index contributed by atoms with van der Waals surface area (Å²) < 4.78 is 0. The number of nitrogens with two attached hydrogens (primary N) is 1. The first kappa shape index (κ1) is 13.4. The number of hydrogen-bond donors (Lipinski definition) is 1. The van der Waals surface area contributed by atoms with Gasteiger partial charge < -0.3 is 5.73 Å². The third kappa shape index (κ3) is 3.23. The fraction of sp³-hybridized carbons (Fsp3) is 1.00. The van der Waals surface area contributed by atoms with E-state index < -0.39 is 0 Å². The Kier molecular flexibility index (Phi) is 4.48. The van der Waals surface area contributed by atoms with Crippen molar-refractivity contribution in [3.63, 3.8) is 0 Å². The van der Waals surface area contributed by atoms with E-state index in [1.54, 1.807) is 0 Å². The molecule has 0 saturated heterocycles. The molecule has 2 aliphatic carbocycles. The van der Waals surface area contributed by atoms with Crippen LogP contribution < -0.4 is 5.73 Å². The van der Waals surface area contributed by atoms with Gasteiger partial charge in [0.25, 0.3) is 0 Å². The van der Waals surface area contributed by atoms with Crippen LogP contribution in [0.15, 0.2) is 0 Å². The molecule has 2 aliphatic rings. The minimum atomic E-state index is 0.411. The Balaban J connectivity index is 1.95. The van der Waals surface area contributed by atoms with Gasteiger partial charge in [0.1, 0.15) is 0 Å². The summed E-state index contributed by atoms with van der Waals surface area (Å²) in [5, 5.41) is 0. The molecular weight excluding hydrogens is 208 g/mol. The van der Waals surface area contributed by atoms with Crippen molar-refractivity contribution >= 4 is 0 Å². The molecule has 0 amide bonds. The van der Waals surface area contributed by atoms with E-state index in [0.29, 0.717) is 12.1 Å². The Morgan fingerprint density at radius 1 is 0.941 bits per heavy atom. The van der Waals surface area contributed by atoms with Crippen LogP contribution >= 0.6 is 0 Å². The Bertz CT molecular complexity index is 241. The van der Waals surface area contributed by atoms with Gasteiger partial charge in [0.15, 0.2) is 0 Å². The second-order valence-electron chi connectivity index (χ2n) is 6.74. The lowest BCUT2D eigenvalue weighted by molar-refractivity contribution is 0.0711. The molecule has 5 unspecified atom stereocenters. The topological polar surface area (TPSA) is 29.3 Å². The maximum Gasteiger partial charge on any atom is 0.0249 e. The third-order valence-electron chi connectivity index (χ3n) is 5.14. The van der Waals surface area contributed by atoms with Crippen LogP contribution in [0.25, 0.3) is 0 Å². The average molecular weight is 238 g/mol. The first-order chi connectivity index (χ1) is 8.08. The average Bonchev–Trinajstić information content (AvgIpc) is 2.31. The molecule has 2 N–H and O–H groups in total. The van der Waals surface area contributed by atoms with Crippen molar-refractivity contribution in [2.75, 3.05) is 7.05 Å². The van der Waals surface area contributed by atoms with Gasteiger partial charge in [0, 0.05) is 18.1 Å². The number of likely N-dealkylation sites (N-methyl/N-ethyl adjacent to an activating group) is 1. The van der Waals surface area contributed by atoms with Gasteiger partial charge in [-0.2, -0.15) is 0 Å². The largest absolute Gasteiger partial charge is 0.326 e. The predicted molar refractivity (Wildman–Crippen MR) is 74.0 cm³/mol. The van der Waals surface area contributed by atoms with Crippen molar-refractivity contribution in [1.29, 1.82) is 0 Å². The van der Waals surface area contributed by atoms with Crippen LogP contribution in [0.3, 0.4) is 0 Å². The van der Waals surface area contributed by atoms with E-state index in [0.717, 1.165) is 17.9 Å². The van der Waals surface area contributed by atoms with E-state index in [9.17, 15) is 0 Å². The van der Waals surface area contributed by atoms with Gasteiger partial charge in [-0.25, -0.2) is 0 Å². The van der Waals surface area contributed by atoms with Crippen molar-refractivity contribution < 1.29 is 0 Å². The number of rotatable bonds is 2. The first-order valence-electron chi connectivity index (χ1n) is 7.55. The first-order valence-corrected chi connectivity index (χ1v) is 7.55. The van der Waals surface area contributed by atoms with Crippen molar-refractivity contribution in [2.45, 2.75) is 76.9 Å². The zero-order chi connectivity index (χ0) is 12.4. The molecule has 2 heteroatoms. The standard InChI is InChI=1S/C15H30N2/c1-11-5-4-6-13(9-11)17(3)15-10-12(2)7-8-14(15)16/h11-15H,4-10,16H2,1-3H3. The molecule has 2 nitrogen and oxygen atoms in total. The second kappa shape index (κ2) is 5.71. The van der Waals surface area contributed by atoms with Gasteiger partial charge in [-0.05, 0) is 51.0 Å². The van der Waals surface area contributed by atoms with E-state index in [2.05, 4.69) is 25.8 Å². The molecule has 0 heterocycles. The molecule has 2 rings (SSSR count). The van der Waals surface area contributed by atoms with Crippen LogP contribution in [0.4, 0.5) is 0 Å². The highest BCUT2D eigenvalue weighted by Crippen LogP contribution is 2.32. The molecule has 0 bridgehead atoms. The van der Waals surface area contributed by atoms with E-state index >= 15 is 0 Å².